The Kier molecular flexibility index (Phi) is 4.43. The minimum absolute atomic E-state index is 0.135. The summed E-state index contributed by atoms with van der Waals surface area (Å²) >= 11 is 0. The lowest BCUT2D eigenvalue weighted by molar-refractivity contribution is -0.0438. The lowest BCUT2D eigenvalue weighted by Crippen LogP contribution is -2.46. The van der Waals surface area contributed by atoms with E-state index in [-0.39, 0.29) is 18.1 Å². The van der Waals surface area contributed by atoms with Crippen LogP contribution in [0.3, 0.4) is 0 Å². The highest BCUT2D eigenvalue weighted by molar-refractivity contribution is 5.42. The molecule has 7 heteroatoms. The first-order valence-electron chi connectivity index (χ1n) is 9.01. The summed E-state index contributed by atoms with van der Waals surface area (Å²) in [5.74, 6) is 1.72. The van der Waals surface area contributed by atoms with E-state index in [4.69, 9.17) is 9.72 Å². The van der Waals surface area contributed by atoms with Crippen LogP contribution < -0.4 is 4.90 Å². The fourth-order valence-corrected chi connectivity index (χ4v) is 4.09. The summed E-state index contributed by atoms with van der Waals surface area (Å²) in [4.78, 5) is 11.5. The Morgan fingerprint density at radius 2 is 2.04 bits per heavy atom. The summed E-state index contributed by atoms with van der Waals surface area (Å²) in [5.41, 5.74) is 2.00. The number of hydrogen-bond acceptors (Lipinski definition) is 6. The Balaban J connectivity index is 1.62. The third-order valence-corrected chi connectivity index (χ3v) is 5.29. The second kappa shape index (κ2) is 6.72. The molecule has 25 heavy (non-hydrogen) atoms. The number of rotatable bonds is 3. The number of aliphatic hydroxyl groups excluding tert-OH is 1. The first-order valence-corrected chi connectivity index (χ1v) is 9.01. The molecule has 4 rings (SSSR count). The van der Waals surface area contributed by atoms with Gasteiger partial charge in [-0.2, -0.15) is 5.10 Å². The fourth-order valence-electron chi connectivity index (χ4n) is 4.09. The number of hydrogen-bond donors (Lipinski definition) is 1. The van der Waals surface area contributed by atoms with Gasteiger partial charge >= 0.3 is 0 Å². The van der Waals surface area contributed by atoms with Gasteiger partial charge in [-0.25, -0.2) is 9.67 Å². The van der Waals surface area contributed by atoms with Crippen molar-refractivity contribution in [3.05, 3.63) is 29.8 Å². The van der Waals surface area contributed by atoms with Gasteiger partial charge in [0, 0.05) is 30.8 Å². The first kappa shape index (κ1) is 16.5. The zero-order valence-corrected chi connectivity index (χ0v) is 14.8. The smallest absolute Gasteiger partial charge is 0.174 e. The van der Waals surface area contributed by atoms with Crippen LogP contribution in [0, 0.1) is 19.8 Å². The molecule has 134 valence electrons. The predicted octanol–water partition coefficient (Wildman–Crippen LogP) is 1.65. The SMILES string of the molecule is Cc1cc(C)n(-c2cncc(N3CCC[C@@H]3[C@H]3COCC[C@@H]3O)n2)n1. The molecule has 0 spiro atoms. The first-order chi connectivity index (χ1) is 12.1. The minimum atomic E-state index is -0.300. The van der Waals surface area contributed by atoms with Crippen molar-refractivity contribution in [2.24, 2.45) is 5.92 Å². The normalized spacial score (nSPS) is 27.0. The van der Waals surface area contributed by atoms with Crippen molar-refractivity contribution >= 4 is 5.82 Å². The summed E-state index contributed by atoms with van der Waals surface area (Å²) < 4.78 is 7.45. The molecule has 7 nitrogen and oxygen atoms in total. The van der Waals surface area contributed by atoms with Gasteiger partial charge in [0.2, 0.25) is 0 Å². The highest BCUT2D eigenvalue weighted by atomic mass is 16.5. The maximum absolute atomic E-state index is 10.4. The Hall–Kier alpha value is -1.99. The zero-order chi connectivity index (χ0) is 17.4. The molecule has 0 aliphatic carbocycles. The molecule has 2 aliphatic heterocycles. The van der Waals surface area contributed by atoms with Crippen LogP contribution in [-0.2, 0) is 4.74 Å². The zero-order valence-electron chi connectivity index (χ0n) is 14.8. The number of aliphatic hydroxyl groups is 1. The van der Waals surface area contributed by atoms with Crippen molar-refractivity contribution in [1.29, 1.82) is 0 Å². The molecule has 0 amide bonds. The maximum Gasteiger partial charge on any atom is 0.174 e. The van der Waals surface area contributed by atoms with Crippen LogP contribution in [0.1, 0.15) is 30.7 Å². The Morgan fingerprint density at radius 3 is 2.80 bits per heavy atom. The molecule has 2 fully saturated rings. The van der Waals surface area contributed by atoms with Gasteiger partial charge in [-0.3, -0.25) is 4.98 Å². The third-order valence-electron chi connectivity index (χ3n) is 5.29. The second-order valence-corrected chi connectivity index (χ2v) is 7.07. The van der Waals surface area contributed by atoms with E-state index in [1.54, 1.807) is 6.20 Å². The van der Waals surface area contributed by atoms with Crippen LogP contribution >= 0.6 is 0 Å². The van der Waals surface area contributed by atoms with E-state index in [9.17, 15) is 5.11 Å². The molecule has 0 saturated carbocycles. The van der Waals surface area contributed by atoms with Crippen molar-refractivity contribution in [2.75, 3.05) is 24.7 Å². The molecule has 0 radical (unpaired) electrons. The highest BCUT2D eigenvalue weighted by Crippen LogP contribution is 2.32. The molecule has 0 aromatic carbocycles. The van der Waals surface area contributed by atoms with Crippen LogP contribution in [0.25, 0.3) is 5.82 Å². The summed E-state index contributed by atoms with van der Waals surface area (Å²) in [6, 6.07) is 2.28. The summed E-state index contributed by atoms with van der Waals surface area (Å²) in [5, 5.41) is 14.9. The van der Waals surface area contributed by atoms with Crippen molar-refractivity contribution in [3.8, 4) is 5.82 Å². The minimum Gasteiger partial charge on any atom is -0.393 e. The number of aromatic nitrogens is 4. The van der Waals surface area contributed by atoms with E-state index in [1.165, 1.54) is 0 Å². The highest BCUT2D eigenvalue weighted by Gasteiger charge is 2.38. The Bertz CT molecular complexity index is 747. The molecule has 0 bridgehead atoms. The fraction of sp³-hybridized carbons (Fsp3) is 0.611. The van der Waals surface area contributed by atoms with Crippen molar-refractivity contribution in [1.82, 2.24) is 19.7 Å². The van der Waals surface area contributed by atoms with E-state index < -0.39 is 0 Å². The van der Waals surface area contributed by atoms with Gasteiger partial charge in [-0.15, -0.1) is 0 Å². The molecule has 2 aromatic heterocycles. The van der Waals surface area contributed by atoms with Gasteiger partial charge in [0.1, 0.15) is 5.82 Å². The van der Waals surface area contributed by atoms with Crippen molar-refractivity contribution in [2.45, 2.75) is 45.3 Å². The van der Waals surface area contributed by atoms with Crippen LogP contribution in [0.15, 0.2) is 18.5 Å². The number of ether oxygens (including phenoxy) is 1. The van der Waals surface area contributed by atoms with Crippen LogP contribution in [-0.4, -0.2) is 56.8 Å². The molecule has 1 N–H and O–H groups in total. The molecule has 2 aromatic rings. The standard InChI is InChI=1S/C18H25N5O2/c1-12-8-13(2)23(21-12)18-10-19-9-17(20-18)22-6-3-4-15(22)14-11-25-7-5-16(14)24/h8-10,14-16,24H,3-7,11H2,1-2H3/t14-,15-,16+/m1/s1. The molecular weight excluding hydrogens is 318 g/mol. The average Bonchev–Trinajstić information content (AvgIpc) is 3.22. The number of anilines is 1. The lowest BCUT2D eigenvalue weighted by atomic mass is 9.89. The Morgan fingerprint density at radius 1 is 1.20 bits per heavy atom. The molecule has 3 atom stereocenters. The van der Waals surface area contributed by atoms with Crippen LogP contribution in [0.4, 0.5) is 5.82 Å². The van der Waals surface area contributed by atoms with Crippen molar-refractivity contribution < 1.29 is 9.84 Å². The Labute approximate surface area is 147 Å². The van der Waals surface area contributed by atoms with E-state index >= 15 is 0 Å². The van der Waals surface area contributed by atoms with Crippen LogP contribution in [0.2, 0.25) is 0 Å². The van der Waals surface area contributed by atoms with E-state index in [1.807, 2.05) is 30.8 Å². The van der Waals surface area contributed by atoms with Gasteiger partial charge in [0.25, 0.3) is 0 Å². The van der Waals surface area contributed by atoms with Gasteiger partial charge < -0.3 is 14.7 Å². The molecular formula is C18H25N5O2. The molecule has 4 heterocycles. The molecule has 0 unspecified atom stereocenters. The quantitative estimate of drug-likeness (QED) is 0.913. The maximum atomic E-state index is 10.4. The topological polar surface area (TPSA) is 76.3 Å². The number of nitrogens with zero attached hydrogens (tertiary/aromatic N) is 5. The number of aryl methyl sites for hydroxylation is 2. The second-order valence-electron chi connectivity index (χ2n) is 7.07. The summed E-state index contributed by atoms with van der Waals surface area (Å²) in [7, 11) is 0. The largest absolute Gasteiger partial charge is 0.393 e. The van der Waals surface area contributed by atoms with Crippen molar-refractivity contribution in [3.63, 3.8) is 0 Å². The summed E-state index contributed by atoms with van der Waals surface area (Å²) in [6.07, 6.45) is 6.12. The van der Waals surface area contributed by atoms with E-state index in [2.05, 4.69) is 15.0 Å². The van der Waals surface area contributed by atoms with E-state index in [0.29, 0.717) is 19.6 Å². The molecule has 2 saturated heterocycles. The van der Waals surface area contributed by atoms with Gasteiger partial charge in [0.15, 0.2) is 5.82 Å². The lowest BCUT2D eigenvalue weighted by Gasteiger charge is -2.37. The predicted molar refractivity (Wildman–Crippen MR) is 93.9 cm³/mol. The summed E-state index contributed by atoms with van der Waals surface area (Å²) in [6.45, 7) is 6.19. The van der Waals surface area contributed by atoms with Gasteiger partial charge in [-0.05, 0) is 39.2 Å². The monoisotopic (exact) mass is 343 g/mol. The van der Waals surface area contributed by atoms with Gasteiger partial charge in [0.05, 0.1) is 30.8 Å². The third kappa shape index (κ3) is 3.14. The van der Waals surface area contributed by atoms with Crippen LogP contribution in [0.5, 0.6) is 0 Å². The van der Waals surface area contributed by atoms with E-state index in [0.717, 1.165) is 42.4 Å². The molecule has 2 aliphatic rings. The van der Waals surface area contributed by atoms with Gasteiger partial charge in [-0.1, -0.05) is 0 Å². The average molecular weight is 343 g/mol.